The first-order valence-corrected chi connectivity index (χ1v) is 5.54. The minimum atomic E-state index is -4.16. The monoisotopic (exact) mass is 316 g/mol. The summed E-state index contributed by atoms with van der Waals surface area (Å²) in [6.07, 6.45) is -3.68. The first-order valence-electron chi connectivity index (χ1n) is 4.86. The van der Waals surface area contributed by atoms with E-state index in [2.05, 4.69) is 0 Å². The van der Waals surface area contributed by atoms with Crippen LogP contribution in [-0.4, -0.2) is 47.3 Å². The van der Waals surface area contributed by atoms with Crippen molar-refractivity contribution in [1.29, 1.82) is 0 Å². The molecule has 0 bridgehead atoms. The number of quaternary nitrogens is 1. The fourth-order valence-corrected chi connectivity index (χ4v) is 1.39. The van der Waals surface area contributed by atoms with E-state index in [9.17, 15) is 13.2 Å². The molecule has 0 radical (unpaired) electrons. The van der Waals surface area contributed by atoms with Crippen molar-refractivity contribution in [2.24, 2.45) is 0 Å². The van der Waals surface area contributed by atoms with Gasteiger partial charge in [0.2, 0.25) is 0 Å². The summed E-state index contributed by atoms with van der Waals surface area (Å²) in [5.41, 5.74) is -0.537. The molecule has 0 aliphatic carbocycles. The quantitative estimate of drug-likeness (QED) is 0.524. The molecular weight excluding hydrogens is 299 g/mol. The van der Waals surface area contributed by atoms with Crippen molar-refractivity contribution in [1.82, 2.24) is 3.94 Å². The Morgan fingerprint density at radius 2 is 1.53 bits per heavy atom. The van der Waals surface area contributed by atoms with Gasteiger partial charge in [-0.25, -0.2) is 0 Å². The van der Waals surface area contributed by atoms with E-state index in [4.69, 9.17) is 23.6 Å². The highest BCUT2D eigenvalue weighted by Gasteiger charge is 2.38. The van der Waals surface area contributed by atoms with Gasteiger partial charge in [0.15, 0.2) is 6.54 Å². The van der Waals surface area contributed by atoms with Gasteiger partial charge < -0.3 is 16.9 Å². The predicted octanol–water partition coefficient (Wildman–Crippen LogP) is 0.407. The Labute approximate surface area is 117 Å². The first-order chi connectivity index (χ1) is 6.86. The van der Waals surface area contributed by atoms with Crippen molar-refractivity contribution in [2.75, 3.05) is 27.2 Å². The van der Waals surface area contributed by atoms with Crippen LogP contribution in [0.25, 0.3) is 0 Å². The van der Waals surface area contributed by atoms with Gasteiger partial charge in [0.25, 0.3) is 0 Å². The molecule has 0 unspecified atom stereocenters. The lowest BCUT2D eigenvalue weighted by atomic mass is 10.0. The molecule has 0 aromatic heterocycles. The topological polar surface area (TPSA) is 3.24 Å². The third kappa shape index (κ3) is 9.19. The Morgan fingerprint density at radius 1 is 1.12 bits per heavy atom. The molecule has 0 saturated heterocycles. The zero-order chi connectivity index (χ0) is 13.2. The van der Waals surface area contributed by atoms with E-state index >= 15 is 0 Å². The summed E-state index contributed by atoms with van der Waals surface area (Å²) in [7, 11) is 3.08. The van der Waals surface area contributed by atoms with Crippen molar-refractivity contribution in [3.63, 3.8) is 0 Å². The lowest BCUT2D eigenvalue weighted by molar-refractivity contribution is -0.901. The van der Waals surface area contributed by atoms with Crippen molar-refractivity contribution in [3.8, 4) is 0 Å². The van der Waals surface area contributed by atoms with Gasteiger partial charge in [-0.15, -0.1) is 3.94 Å². The Bertz CT molecular complexity index is 230. The molecule has 0 aromatic carbocycles. The fraction of sp³-hybridized carbons (Fsp3) is 1.00. The van der Waals surface area contributed by atoms with E-state index in [1.807, 2.05) is 0 Å². The van der Waals surface area contributed by atoms with E-state index in [0.29, 0.717) is 13.0 Å². The Balaban J connectivity index is 0. The van der Waals surface area contributed by atoms with Crippen LogP contribution in [-0.2, 0) is 0 Å². The second kappa shape index (κ2) is 6.66. The van der Waals surface area contributed by atoms with Gasteiger partial charge in [-0.05, 0) is 37.4 Å². The molecule has 2 nitrogen and oxygen atoms in total. The summed E-state index contributed by atoms with van der Waals surface area (Å²) < 4.78 is 37.6. The molecule has 106 valence electrons. The lowest BCUT2D eigenvalue weighted by Crippen LogP contribution is -3.00. The fourth-order valence-electron chi connectivity index (χ4n) is 1.23. The second-order valence-electron chi connectivity index (χ2n) is 5.23. The second-order valence-corrected chi connectivity index (χ2v) is 6.08. The summed E-state index contributed by atoms with van der Waals surface area (Å²) in [6.45, 7) is 3.05. The van der Waals surface area contributed by atoms with Crippen LogP contribution in [0.5, 0.6) is 0 Å². The standard InChI is InChI=1S/C9H18Cl2F3N2.ClH/c1-8(2,15(10)11)5-6-16(3,4)7-9(12,13)14;/h5-7H2,1-4H3;1H/q+1;/p-1. The first kappa shape index (κ1) is 19.9. The SMILES string of the molecule is CC(C)(CC[N+](C)(C)CC(F)(F)F)N(Cl)Cl.[Cl-]. The summed E-state index contributed by atoms with van der Waals surface area (Å²) in [6, 6.07) is 0. The van der Waals surface area contributed by atoms with Gasteiger partial charge in [0.1, 0.15) is 0 Å². The Morgan fingerprint density at radius 3 is 1.82 bits per heavy atom. The highest BCUT2D eigenvalue weighted by Crippen LogP contribution is 2.26. The predicted molar refractivity (Wildman–Crippen MR) is 60.1 cm³/mol. The van der Waals surface area contributed by atoms with Gasteiger partial charge in [-0.2, -0.15) is 13.2 Å². The molecule has 0 N–H and O–H groups in total. The van der Waals surface area contributed by atoms with Crippen LogP contribution in [0.4, 0.5) is 13.2 Å². The van der Waals surface area contributed by atoms with Crippen LogP contribution in [0.2, 0.25) is 0 Å². The van der Waals surface area contributed by atoms with Crippen LogP contribution < -0.4 is 12.4 Å². The molecule has 0 heterocycles. The van der Waals surface area contributed by atoms with Crippen molar-refractivity contribution in [2.45, 2.75) is 32.0 Å². The molecule has 0 aliphatic heterocycles. The van der Waals surface area contributed by atoms with Gasteiger partial charge in [0, 0.05) is 6.42 Å². The van der Waals surface area contributed by atoms with E-state index in [1.165, 1.54) is 14.1 Å². The molecule has 0 aromatic rings. The summed E-state index contributed by atoms with van der Waals surface area (Å²) in [4.78, 5) is 0. The van der Waals surface area contributed by atoms with Crippen molar-refractivity contribution >= 4 is 23.6 Å². The van der Waals surface area contributed by atoms with E-state index in [-0.39, 0.29) is 16.9 Å². The van der Waals surface area contributed by atoms with Crippen LogP contribution in [0.3, 0.4) is 0 Å². The summed E-state index contributed by atoms with van der Waals surface area (Å²) in [5, 5.41) is 0. The highest BCUT2D eigenvalue weighted by atomic mass is 35.5. The van der Waals surface area contributed by atoms with Crippen molar-refractivity contribution in [3.05, 3.63) is 0 Å². The normalized spacial score (nSPS) is 13.8. The Hall–Kier alpha value is 0.580. The number of hydrogen-bond donors (Lipinski definition) is 0. The molecule has 8 heteroatoms. The molecule has 0 saturated carbocycles. The maximum Gasteiger partial charge on any atom is 0.438 e. The van der Waals surface area contributed by atoms with E-state index < -0.39 is 18.3 Å². The zero-order valence-electron chi connectivity index (χ0n) is 10.3. The third-order valence-corrected chi connectivity index (χ3v) is 3.31. The molecular formula is C9H18Cl3F3N2. The largest absolute Gasteiger partial charge is 1.00 e. The van der Waals surface area contributed by atoms with Crippen LogP contribution in [0.15, 0.2) is 0 Å². The third-order valence-electron chi connectivity index (χ3n) is 2.39. The number of hydrogen-bond acceptors (Lipinski definition) is 1. The molecule has 17 heavy (non-hydrogen) atoms. The highest BCUT2D eigenvalue weighted by molar-refractivity contribution is 6.34. The summed E-state index contributed by atoms with van der Waals surface area (Å²) in [5.74, 6) is 0. The zero-order valence-corrected chi connectivity index (χ0v) is 12.6. The average molecular weight is 318 g/mol. The summed E-state index contributed by atoms with van der Waals surface area (Å²) >= 11 is 11.2. The van der Waals surface area contributed by atoms with E-state index in [0.717, 1.165) is 3.94 Å². The van der Waals surface area contributed by atoms with Crippen molar-refractivity contribution < 1.29 is 30.1 Å². The smallest absolute Gasteiger partial charge is 0.438 e. The number of halogens is 6. The minimum Gasteiger partial charge on any atom is -1.00 e. The maximum atomic E-state index is 12.3. The molecule has 0 aliphatic rings. The molecule has 0 amide bonds. The van der Waals surface area contributed by atoms with Gasteiger partial charge in [-0.3, -0.25) is 0 Å². The molecule has 0 fully saturated rings. The number of alkyl halides is 3. The molecule has 0 rings (SSSR count). The van der Waals surface area contributed by atoms with Gasteiger partial charge in [-0.1, -0.05) is 0 Å². The number of rotatable bonds is 5. The van der Waals surface area contributed by atoms with Gasteiger partial charge >= 0.3 is 6.18 Å². The van der Waals surface area contributed by atoms with Crippen LogP contribution in [0, 0.1) is 0 Å². The minimum absolute atomic E-state index is 0. The Kier molecular flexibility index (Phi) is 7.80. The van der Waals surface area contributed by atoms with Crippen LogP contribution >= 0.6 is 23.6 Å². The average Bonchev–Trinajstić information content (AvgIpc) is 1.96. The maximum absolute atomic E-state index is 12.3. The lowest BCUT2D eigenvalue weighted by Gasteiger charge is -2.35. The van der Waals surface area contributed by atoms with Gasteiger partial charge in [0.05, 0.1) is 26.2 Å². The number of nitrogens with zero attached hydrogens (tertiary/aromatic N) is 2. The molecule has 0 spiro atoms. The molecule has 0 atom stereocenters. The van der Waals surface area contributed by atoms with E-state index in [1.54, 1.807) is 13.8 Å². The van der Waals surface area contributed by atoms with Crippen LogP contribution in [0.1, 0.15) is 20.3 Å².